The van der Waals surface area contributed by atoms with E-state index in [2.05, 4.69) is 0 Å². The molecule has 0 amide bonds. The summed E-state index contributed by atoms with van der Waals surface area (Å²) < 4.78 is 98.5. The molecule has 1 saturated heterocycles. The molecule has 4 aliphatic rings. The lowest BCUT2D eigenvalue weighted by Gasteiger charge is -2.66. The predicted molar refractivity (Wildman–Crippen MR) is 128 cm³/mol. The Morgan fingerprint density at radius 2 is 1.69 bits per heavy atom. The van der Waals surface area contributed by atoms with Crippen molar-refractivity contribution in [3.05, 3.63) is 11.6 Å². The smallest absolute Gasteiger partial charge is 0.334 e. The van der Waals surface area contributed by atoms with Crippen molar-refractivity contribution in [3.8, 4) is 0 Å². The highest BCUT2D eigenvalue weighted by Gasteiger charge is 2.67. The molecule has 2 saturated carbocycles. The molecule has 3 unspecified atom stereocenters. The first-order valence-electron chi connectivity index (χ1n) is 11.9. The van der Waals surface area contributed by atoms with Gasteiger partial charge in [-0.05, 0) is 49.4 Å². The molecule has 4 rings (SSSR count). The van der Waals surface area contributed by atoms with Crippen LogP contribution >= 0.6 is 0 Å². The second kappa shape index (κ2) is 8.73. The van der Waals surface area contributed by atoms with E-state index in [1.54, 1.807) is 13.0 Å². The van der Waals surface area contributed by atoms with Crippen LogP contribution in [-0.4, -0.2) is 73.4 Å². The van der Waals surface area contributed by atoms with Crippen molar-refractivity contribution in [2.24, 2.45) is 34.0 Å². The Balaban J connectivity index is 1.81. The Kier molecular flexibility index (Phi) is 6.78. The first-order valence-corrected chi connectivity index (χ1v) is 17.1. The van der Waals surface area contributed by atoms with Crippen molar-refractivity contribution in [3.63, 3.8) is 0 Å². The topological polar surface area (TPSA) is 167 Å². The van der Waals surface area contributed by atoms with Gasteiger partial charge in [-0.1, -0.05) is 19.9 Å². The fourth-order valence-corrected chi connectivity index (χ4v) is 10.4. The summed E-state index contributed by atoms with van der Waals surface area (Å²) in [6.45, 7) is 3.51. The van der Waals surface area contributed by atoms with Crippen LogP contribution in [0.5, 0.6) is 0 Å². The summed E-state index contributed by atoms with van der Waals surface area (Å²) in [4.78, 5) is 12.4. The van der Waals surface area contributed by atoms with Crippen molar-refractivity contribution in [2.75, 3.05) is 31.5 Å². The molecule has 0 spiro atoms. The van der Waals surface area contributed by atoms with Gasteiger partial charge in [-0.15, -0.1) is 0 Å². The Hall–Kier alpha value is -1.06. The van der Waals surface area contributed by atoms with Gasteiger partial charge in [0.15, 0.2) is 0 Å². The van der Waals surface area contributed by atoms with E-state index in [-0.39, 0.29) is 31.5 Å². The standard InChI is InChI=1S/C22H34O11S3/c1-20-9-8-18(33-35(4,26)27)21(2,12-32-34(3,24)25)16(20)7-10-22(13-36(28,29)30)15-11-31-19(23)14(15)5-6-17(20)22/h5,15-18H,6-13H2,1-4H3,(H,28,29,30)/t15?,16?,17?,18-,20-,21+,22+/m1/s1. The fourth-order valence-electron chi connectivity index (χ4n) is 8.00. The second-order valence-electron chi connectivity index (χ2n) is 11.5. The molecule has 1 aliphatic heterocycles. The summed E-state index contributed by atoms with van der Waals surface area (Å²) in [5, 5.41) is 0. The fraction of sp³-hybridized carbons (Fsp3) is 0.864. The van der Waals surface area contributed by atoms with Crippen molar-refractivity contribution >= 4 is 36.3 Å². The first kappa shape index (κ1) is 28.0. The van der Waals surface area contributed by atoms with E-state index in [9.17, 15) is 34.6 Å². The number of hydrogen-bond donors (Lipinski definition) is 1. The van der Waals surface area contributed by atoms with E-state index in [4.69, 9.17) is 13.1 Å². The number of allylic oxidation sites excluding steroid dienone is 1. The minimum atomic E-state index is -4.42. The quantitative estimate of drug-likeness (QED) is 0.268. The lowest BCUT2D eigenvalue weighted by molar-refractivity contribution is -0.187. The average molecular weight is 571 g/mol. The van der Waals surface area contributed by atoms with Crippen molar-refractivity contribution in [1.29, 1.82) is 0 Å². The van der Waals surface area contributed by atoms with E-state index < -0.39 is 70.3 Å². The maximum Gasteiger partial charge on any atom is 0.334 e. The number of ether oxygens (including phenoxy) is 1. The van der Waals surface area contributed by atoms with Crippen LogP contribution in [0.3, 0.4) is 0 Å². The number of esters is 1. The molecule has 11 nitrogen and oxygen atoms in total. The van der Waals surface area contributed by atoms with Gasteiger partial charge >= 0.3 is 5.97 Å². The van der Waals surface area contributed by atoms with Gasteiger partial charge in [-0.3, -0.25) is 12.9 Å². The molecule has 0 aromatic carbocycles. The largest absolute Gasteiger partial charge is 0.462 e. The van der Waals surface area contributed by atoms with Gasteiger partial charge in [0.05, 0.1) is 37.6 Å². The van der Waals surface area contributed by atoms with Gasteiger partial charge < -0.3 is 4.74 Å². The van der Waals surface area contributed by atoms with Crippen LogP contribution in [-0.2, 0) is 48.3 Å². The molecule has 0 aromatic rings. The maximum atomic E-state index is 12.4. The first-order chi connectivity index (χ1) is 16.3. The Labute approximate surface area is 212 Å². The number of cyclic esters (lactones) is 1. The molecule has 7 atom stereocenters. The van der Waals surface area contributed by atoms with Crippen LogP contribution in [0.15, 0.2) is 11.6 Å². The highest BCUT2D eigenvalue weighted by molar-refractivity contribution is 7.86. The van der Waals surface area contributed by atoms with Gasteiger partial charge in [0.1, 0.15) is 0 Å². The molecule has 3 fully saturated rings. The van der Waals surface area contributed by atoms with Gasteiger partial charge in [0.25, 0.3) is 30.4 Å². The van der Waals surface area contributed by atoms with E-state index in [0.717, 1.165) is 12.5 Å². The molecular weight excluding hydrogens is 536 g/mol. The zero-order chi connectivity index (χ0) is 26.9. The highest BCUT2D eigenvalue weighted by Crippen LogP contribution is 2.69. The van der Waals surface area contributed by atoms with E-state index in [1.165, 1.54) is 0 Å². The van der Waals surface area contributed by atoms with Crippen molar-refractivity contribution < 1.29 is 47.7 Å². The summed E-state index contributed by atoms with van der Waals surface area (Å²) in [5.74, 6) is -2.08. The monoisotopic (exact) mass is 570 g/mol. The number of carbonyl (C=O) groups is 1. The summed E-state index contributed by atoms with van der Waals surface area (Å²) in [7, 11) is -12.1. The SMILES string of the molecule is C[C@@]12CC[C@@H](OS(C)(=O)=O)[C@@](C)(COS(C)(=O)=O)C1CC[C@]1(CS(=O)(=O)O)C3COC(=O)C3=CCC21. The lowest BCUT2D eigenvalue weighted by Crippen LogP contribution is -2.64. The minimum Gasteiger partial charge on any atom is -0.462 e. The zero-order valence-electron chi connectivity index (χ0n) is 20.8. The van der Waals surface area contributed by atoms with Crippen LogP contribution in [0, 0.1) is 34.0 Å². The highest BCUT2D eigenvalue weighted by atomic mass is 32.2. The van der Waals surface area contributed by atoms with Crippen molar-refractivity contribution in [1.82, 2.24) is 0 Å². The molecule has 0 bridgehead atoms. The average Bonchev–Trinajstić information content (AvgIpc) is 3.08. The minimum absolute atomic E-state index is 0.0334. The third-order valence-electron chi connectivity index (χ3n) is 9.25. The summed E-state index contributed by atoms with van der Waals surface area (Å²) in [6, 6.07) is 0. The summed E-state index contributed by atoms with van der Waals surface area (Å²) in [5.41, 5.74) is -2.15. The normalized spacial score (nSPS) is 41.0. The van der Waals surface area contributed by atoms with Crippen LogP contribution in [0.4, 0.5) is 0 Å². The Morgan fingerprint density at radius 1 is 1.03 bits per heavy atom. The predicted octanol–water partition coefficient (Wildman–Crippen LogP) is 1.52. The van der Waals surface area contributed by atoms with Gasteiger partial charge in [-0.2, -0.15) is 25.3 Å². The maximum absolute atomic E-state index is 12.4. The summed E-state index contributed by atoms with van der Waals surface area (Å²) >= 11 is 0. The Morgan fingerprint density at radius 3 is 2.28 bits per heavy atom. The molecule has 3 aliphatic carbocycles. The number of hydrogen-bond acceptors (Lipinski definition) is 10. The number of carbonyl (C=O) groups excluding carboxylic acids is 1. The molecule has 14 heteroatoms. The van der Waals surface area contributed by atoms with Crippen LogP contribution in [0.2, 0.25) is 0 Å². The Bertz CT molecular complexity index is 1290. The van der Waals surface area contributed by atoms with Crippen LogP contribution in [0.25, 0.3) is 0 Å². The zero-order valence-corrected chi connectivity index (χ0v) is 23.2. The van der Waals surface area contributed by atoms with E-state index in [1.807, 2.05) is 6.92 Å². The third-order valence-corrected chi connectivity index (χ3v) is 11.3. The van der Waals surface area contributed by atoms with Crippen molar-refractivity contribution in [2.45, 2.75) is 52.1 Å². The molecule has 0 radical (unpaired) electrons. The molecule has 0 aromatic heterocycles. The van der Waals surface area contributed by atoms with Gasteiger partial charge in [-0.25, -0.2) is 4.79 Å². The number of rotatable bonds is 7. The van der Waals surface area contributed by atoms with Crippen LogP contribution in [0.1, 0.15) is 46.0 Å². The lowest BCUT2D eigenvalue weighted by atomic mass is 9.39. The van der Waals surface area contributed by atoms with Gasteiger partial charge in [0, 0.05) is 22.3 Å². The molecule has 1 N–H and O–H groups in total. The van der Waals surface area contributed by atoms with Gasteiger partial charge in [0.2, 0.25) is 0 Å². The number of fused-ring (bicyclic) bond motifs is 5. The molecule has 36 heavy (non-hydrogen) atoms. The second-order valence-corrected chi connectivity index (χ2v) is 16.2. The van der Waals surface area contributed by atoms with E-state index >= 15 is 0 Å². The molecule has 1 heterocycles. The molecule has 206 valence electrons. The van der Waals surface area contributed by atoms with E-state index in [0.29, 0.717) is 31.3 Å². The third kappa shape index (κ3) is 4.89. The van der Waals surface area contributed by atoms with Crippen LogP contribution < -0.4 is 0 Å². The summed E-state index contributed by atoms with van der Waals surface area (Å²) in [6.07, 6.45) is 4.67. The molecular formula is C22H34O11S3.